The first kappa shape index (κ1) is 24.2. The second-order valence-electron chi connectivity index (χ2n) is 9.09. The number of nitrogen functional groups attached to an aromatic ring is 1. The van der Waals surface area contributed by atoms with Crippen LogP contribution in [0, 0.1) is 0 Å². The Balaban J connectivity index is 1.46. The molecule has 0 aliphatic carbocycles. The van der Waals surface area contributed by atoms with Crippen molar-refractivity contribution in [3.05, 3.63) is 78.1 Å². The van der Waals surface area contributed by atoms with Crippen LogP contribution < -0.4 is 16.0 Å². The van der Waals surface area contributed by atoms with Crippen LogP contribution in [0.1, 0.15) is 31.1 Å². The van der Waals surface area contributed by atoms with Crippen LogP contribution in [0.5, 0.6) is 0 Å². The fourth-order valence-corrected chi connectivity index (χ4v) is 4.31. The predicted octanol–water partition coefficient (Wildman–Crippen LogP) is 4.20. The number of nitrogens with one attached hydrogen (secondary N) is 1. The van der Waals surface area contributed by atoms with Crippen molar-refractivity contribution < 1.29 is 4.79 Å². The number of fused-ring (bicyclic) bond motifs is 1. The lowest BCUT2D eigenvalue weighted by molar-refractivity contribution is -0.129. The van der Waals surface area contributed by atoms with E-state index in [1.807, 2.05) is 59.6 Å². The van der Waals surface area contributed by atoms with E-state index in [1.54, 1.807) is 13.1 Å². The van der Waals surface area contributed by atoms with Crippen LogP contribution in [0.25, 0.3) is 10.9 Å². The second kappa shape index (κ2) is 10.6. The van der Waals surface area contributed by atoms with Crippen molar-refractivity contribution in [2.45, 2.75) is 19.9 Å². The average Bonchev–Trinajstić information content (AvgIpc) is 2.93. The molecule has 3 N–H and O–H groups in total. The zero-order chi connectivity index (χ0) is 25.8. The van der Waals surface area contributed by atoms with Crippen LogP contribution >= 0.6 is 0 Å². The Labute approximate surface area is 216 Å². The number of nitrogens with two attached hydrogens (primary N) is 1. The molecular formula is C28H30N8O. The molecule has 0 radical (unpaired) electrons. The Hall–Kier alpha value is -4.53. The van der Waals surface area contributed by atoms with E-state index in [0.29, 0.717) is 49.3 Å². The number of rotatable bonds is 6. The van der Waals surface area contributed by atoms with Crippen LogP contribution in [-0.2, 0) is 4.79 Å². The molecule has 2 aromatic heterocycles. The zero-order valence-corrected chi connectivity index (χ0v) is 21.0. The molecule has 0 bridgehead atoms. The molecule has 3 heterocycles. The summed E-state index contributed by atoms with van der Waals surface area (Å²) in [6.45, 7) is 6.18. The van der Waals surface area contributed by atoms with Crippen LogP contribution in [0.2, 0.25) is 0 Å². The van der Waals surface area contributed by atoms with Gasteiger partial charge in [0, 0.05) is 44.7 Å². The van der Waals surface area contributed by atoms with Crippen molar-refractivity contribution >= 4 is 46.2 Å². The number of piperazine rings is 1. The third-order valence-electron chi connectivity index (χ3n) is 6.53. The van der Waals surface area contributed by atoms with Crippen LogP contribution in [0.3, 0.4) is 0 Å². The van der Waals surface area contributed by atoms with Gasteiger partial charge in [0.2, 0.25) is 11.9 Å². The minimum atomic E-state index is -0.101. The topological polar surface area (TPSA) is 113 Å². The number of carbonyl (C=O) groups is 1. The number of para-hydroxylation sites is 2. The van der Waals surface area contributed by atoms with E-state index in [2.05, 4.69) is 39.2 Å². The summed E-state index contributed by atoms with van der Waals surface area (Å²) < 4.78 is 0. The van der Waals surface area contributed by atoms with Gasteiger partial charge in [-0.05, 0) is 36.8 Å². The number of aromatic nitrogens is 3. The number of carbonyl (C=O) groups excluding carboxylic acids is 1. The maximum atomic E-state index is 11.8. The molecule has 1 aliphatic heterocycles. The van der Waals surface area contributed by atoms with E-state index < -0.39 is 0 Å². The van der Waals surface area contributed by atoms with E-state index in [1.165, 1.54) is 0 Å². The number of nitrogens with zero attached hydrogens (tertiary/aromatic N) is 6. The molecule has 0 saturated carbocycles. The number of amides is 1. The molecule has 1 aliphatic rings. The van der Waals surface area contributed by atoms with E-state index >= 15 is 0 Å². The summed E-state index contributed by atoms with van der Waals surface area (Å²) >= 11 is 0. The summed E-state index contributed by atoms with van der Waals surface area (Å²) in [5.41, 5.74) is 10.3. The summed E-state index contributed by atoms with van der Waals surface area (Å²) in [7, 11) is 0. The normalized spacial score (nSPS) is 14.8. The third-order valence-corrected chi connectivity index (χ3v) is 6.53. The summed E-state index contributed by atoms with van der Waals surface area (Å²) in [6.07, 6.45) is 3.55. The number of pyridine rings is 1. The highest BCUT2D eigenvalue weighted by atomic mass is 16.2. The lowest BCUT2D eigenvalue weighted by Gasteiger charge is -2.34. The van der Waals surface area contributed by atoms with Crippen LogP contribution in [-0.4, -0.2) is 58.2 Å². The Bertz CT molecular complexity index is 1430. The van der Waals surface area contributed by atoms with Crippen LogP contribution in [0.4, 0.5) is 23.1 Å². The molecule has 2 aromatic carbocycles. The van der Waals surface area contributed by atoms with Crippen molar-refractivity contribution in [3.8, 4) is 0 Å². The summed E-state index contributed by atoms with van der Waals surface area (Å²) in [6, 6.07) is 19.7. The molecule has 5 rings (SSSR count). The minimum absolute atomic E-state index is 0.0775. The van der Waals surface area contributed by atoms with Crippen LogP contribution in [0.15, 0.2) is 71.9 Å². The number of hydrogen-bond acceptors (Lipinski definition) is 8. The van der Waals surface area contributed by atoms with Gasteiger partial charge >= 0.3 is 0 Å². The average molecular weight is 495 g/mol. The van der Waals surface area contributed by atoms with Gasteiger partial charge in [0.05, 0.1) is 23.5 Å². The van der Waals surface area contributed by atoms with Gasteiger partial charge in [0.25, 0.3) is 0 Å². The lowest BCUT2D eigenvalue weighted by Crippen LogP contribution is -2.48. The first-order valence-corrected chi connectivity index (χ1v) is 12.4. The number of aliphatic imine (C=N–C) groups is 1. The molecule has 0 unspecified atom stereocenters. The predicted molar refractivity (Wildman–Crippen MR) is 148 cm³/mol. The highest BCUT2D eigenvalue weighted by Gasteiger charge is 2.23. The number of anilines is 3. The van der Waals surface area contributed by atoms with E-state index in [0.717, 1.165) is 22.2 Å². The quantitative estimate of drug-likeness (QED) is 0.386. The lowest BCUT2D eigenvalue weighted by atomic mass is 10.1. The van der Waals surface area contributed by atoms with Crippen molar-refractivity contribution in [3.63, 3.8) is 0 Å². The molecule has 188 valence electrons. The largest absolute Gasteiger partial charge is 0.394 e. The molecule has 1 amide bonds. The highest BCUT2D eigenvalue weighted by Crippen LogP contribution is 2.28. The molecule has 1 atom stereocenters. The van der Waals surface area contributed by atoms with E-state index in [-0.39, 0.29) is 11.9 Å². The van der Waals surface area contributed by atoms with Gasteiger partial charge in [-0.3, -0.25) is 14.8 Å². The molecule has 4 aromatic rings. The highest BCUT2D eigenvalue weighted by molar-refractivity contribution is 5.90. The SMILES string of the molecule is CC(=O)N1CCN(c2nc(C=Nc3ccccc3)c(N)c(N[C@H](C)c3cnc4ccccc4c3)n2)CC1. The summed E-state index contributed by atoms with van der Waals surface area (Å²) in [5, 5.41) is 4.54. The molecular weight excluding hydrogens is 464 g/mol. The first-order chi connectivity index (χ1) is 18.0. The summed E-state index contributed by atoms with van der Waals surface area (Å²) in [4.78, 5) is 34.4. The maximum absolute atomic E-state index is 11.8. The van der Waals surface area contributed by atoms with Gasteiger partial charge in [-0.2, -0.15) is 4.98 Å². The molecule has 1 fully saturated rings. The van der Waals surface area contributed by atoms with Crippen molar-refractivity contribution in [1.82, 2.24) is 19.9 Å². The van der Waals surface area contributed by atoms with Crippen molar-refractivity contribution in [1.29, 1.82) is 0 Å². The third kappa shape index (κ3) is 5.50. The van der Waals surface area contributed by atoms with Gasteiger partial charge < -0.3 is 20.9 Å². The van der Waals surface area contributed by atoms with Crippen molar-refractivity contribution in [2.24, 2.45) is 4.99 Å². The zero-order valence-electron chi connectivity index (χ0n) is 21.0. The Morgan fingerprint density at radius 3 is 2.54 bits per heavy atom. The van der Waals surface area contributed by atoms with E-state index in [4.69, 9.17) is 15.7 Å². The standard InChI is InChI=1S/C28H30N8O/c1-19(22-16-21-8-6-7-11-24(21)31-17-22)32-27-26(29)25(18-30-23-9-4-3-5-10-23)33-28(34-27)36-14-12-35(13-15-36)20(2)37/h3-11,16-19H,12-15,29H2,1-2H3,(H,32,33,34)/t19-/m1/s1. The number of hydrogen-bond donors (Lipinski definition) is 2. The maximum Gasteiger partial charge on any atom is 0.228 e. The first-order valence-electron chi connectivity index (χ1n) is 12.4. The smallest absolute Gasteiger partial charge is 0.228 e. The Kier molecular flexibility index (Phi) is 6.93. The second-order valence-corrected chi connectivity index (χ2v) is 9.09. The molecule has 9 nitrogen and oxygen atoms in total. The number of benzene rings is 2. The van der Waals surface area contributed by atoms with E-state index in [9.17, 15) is 4.79 Å². The Morgan fingerprint density at radius 1 is 1.05 bits per heavy atom. The summed E-state index contributed by atoms with van der Waals surface area (Å²) in [5.74, 6) is 1.17. The monoisotopic (exact) mass is 494 g/mol. The van der Waals surface area contributed by atoms with Gasteiger partial charge in [0.1, 0.15) is 11.4 Å². The minimum Gasteiger partial charge on any atom is -0.394 e. The molecule has 37 heavy (non-hydrogen) atoms. The van der Waals surface area contributed by atoms with Crippen molar-refractivity contribution in [2.75, 3.05) is 42.1 Å². The molecule has 9 heteroatoms. The van der Waals surface area contributed by atoms with Gasteiger partial charge in [-0.25, -0.2) is 4.98 Å². The Morgan fingerprint density at radius 2 is 1.78 bits per heavy atom. The molecule has 0 spiro atoms. The van der Waals surface area contributed by atoms with Gasteiger partial charge in [-0.1, -0.05) is 36.4 Å². The van der Waals surface area contributed by atoms with Gasteiger partial charge in [-0.15, -0.1) is 0 Å². The molecule has 1 saturated heterocycles. The fraction of sp³-hybridized carbons (Fsp3) is 0.250. The fourth-order valence-electron chi connectivity index (χ4n) is 4.31. The van der Waals surface area contributed by atoms with Gasteiger partial charge in [0.15, 0.2) is 5.82 Å².